The maximum absolute atomic E-state index is 2.44. The van der Waals surface area contributed by atoms with Crippen LogP contribution in [0.1, 0.15) is 0 Å². The van der Waals surface area contributed by atoms with Crippen LogP contribution in [-0.2, 0) is 0 Å². The largest absolute Gasteiger partial charge is 0.310 e. The van der Waals surface area contributed by atoms with Gasteiger partial charge in [0.05, 0.1) is 5.69 Å². The molecule has 0 aliphatic heterocycles. The van der Waals surface area contributed by atoms with E-state index >= 15 is 0 Å². The first-order valence-electron chi connectivity index (χ1n) is 16.3. The molecule has 0 unspecified atom stereocenters. The van der Waals surface area contributed by atoms with Crippen LogP contribution >= 0.6 is 0 Å². The van der Waals surface area contributed by atoms with E-state index < -0.39 is 0 Å². The van der Waals surface area contributed by atoms with Crippen molar-refractivity contribution in [1.82, 2.24) is 0 Å². The number of hydrogen-bond donors (Lipinski definition) is 0. The quantitative estimate of drug-likeness (QED) is 0.196. The Kier molecular flexibility index (Phi) is 5.64. The van der Waals surface area contributed by atoms with Crippen LogP contribution in [0.25, 0.3) is 77.5 Å². The maximum Gasteiger partial charge on any atom is 0.0540 e. The lowest BCUT2D eigenvalue weighted by atomic mass is 9.83. The first kappa shape index (κ1) is 26.1. The van der Waals surface area contributed by atoms with Gasteiger partial charge in [0.25, 0.3) is 0 Å². The highest BCUT2D eigenvalue weighted by Crippen LogP contribution is 2.58. The SMILES string of the molecule is c1ccc(-c2ccccc2N(c2ccc3c(c2)-c2c4cccc2-c2cccc-3c2-c2ccccc2-4)c2ccc3ccccc3c2)cc1. The third-order valence-corrected chi connectivity index (χ3v) is 9.95. The van der Waals surface area contributed by atoms with Crippen LogP contribution < -0.4 is 4.90 Å². The molecule has 0 atom stereocenters. The van der Waals surface area contributed by atoms with Crippen molar-refractivity contribution in [2.75, 3.05) is 4.90 Å². The van der Waals surface area contributed by atoms with Gasteiger partial charge in [-0.05, 0) is 102 Å². The summed E-state index contributed by atoms with van der Waals surface area (Å²) >= 11 is 0. The van der Waals surface area contributed by atoms with E-state index in [1.165, 1.54) is 77.5 Å². The molecule has 2 aliphatic carbocycles. The molecule has 218 valence electrons. The average Bonchev–Trinajstić information content (AvgIpc) is 3.25. The minimum absolute atomic E-state index is 1.13. The summed E-state index contributed by atoms with van der Waals surface area (Å²) in [5.41, 5.74) is 18.8. The molecular formula is C46H29N. The molecule has 10 rings (SSSR count). The molecule has 0 spiro atoms. The number of benzene rings is 8. The Morgan fingerprint density at radius 1 is 0.277 bits per heavy atom. The second-order valence-electron chi connectivity index (χ2n) is 12.5. The highest BCUT2D eigenvalue weighted by atomic mass is 15.1. The van der Waals surface area contributed by atoms with Crippen molar-refractivity contribution >= 4 is 27.8 Å². The minimum Gasteiger partial charge on any atom is -0.310 e. The molecular weight excluding hydrogens is 567 g/mol. The molecule has 1 heteroatoms. The first-order chi connectivity index (χ1) is 23.3. The highest BCUT2D eigenvalue weighted by Gasteiger charge is 2.31. The fourth-order valence-electron chi connectivity index (χ4n) is 7.91. The Morgan fingerprint density at radius 2 is 0.787 bits per heavy atom. The van der Waals surface area contributed by atoms with Gasteiger partial charge in [0.2, 0.25) is 0 Å². The van der Waals surface area contributed by atoms with Gasteiger partial charge in [0.15, 0.2) is 0 Å². The van der Waals surface area contributed by atoms with Crippen molar-refractivity contribution in [3.05, 3.63) is 176 Å². The van der Waals surface area contributed by atoms with E-state index in [0.29, 0.717) is 0 Å². The molecule has 0 N–H and O–H groups in total. The van der Waals surface area contributed by atoms with E-state index in [9.17, 15) is 0 Å². The van der Waals surface area contributed by atoms with Crippen molar-refractivity contribution in [2.45, 2.75) is 0 Å². The van der Waals surface area contributed by atoms with Crippen molar-refractivity contribution < 1.29 is 0 Å². The molecule has 0 amide bonds. The fraction of sp³-hybridized carbons (Fsp3) is 0. The van der Waals surface area contributed by atoms with Crippen molar-refractivity contribution in [2.24, 2.45) is 0 Å². The number of rotatable bonds is 4. The standard InChI is InChI=1S/C46H29N/c1-2-13-31(14-3-1)35-16-8-9-23-44(35)47(33-25-24-30-12-4-5-15-32(30)28-33)34-26-27-37-40-20-11-21-41-42-22-10-19-39(46(42)43(37)29-34)36-17-6-7-18-38(36)45(40)41/h1-29H. The Labute approximate surface area is 274 Å². The van der Waals surface area contributed by atoms with E-state index in [2.05, 4.69) is 181 Å². The topological polar surface area (TPSA) is 3.24 Å². The summed E-state index contributed by atoms with van der Waals surface area (Å²) in [6.07, 6.45) is 0. The minimum atomic E-state index is 1.13. The number of hydrogen-bond acceptors (Lipinski definition) is 1. The summed E-state index contributed by atoms with van der Waals surface area (Å²) in [6.45, 7) is 0. The molecule has 0 radical (unpaired) electrons. The number of anilines is 3. The molecule has 8 aromatic carbocycles. The molecule has 0 fully saturated rings. The van der Waals surface area contributed by atoms with Gasteiger partial charge in [0, 0.05) is 16.9 Å². The summed E-state index contributed by atoms with van der Waals surface area (Å²) < 4.78 is 0. The third kappa shape index (κ3) is 3.90. The van der Waals surface area contributed by atoms with Gasteiger partial charge in [0.1, 0.15) is 0 Å². The fourth-order valence-corrected chi connectivity index (χ4v) is 7.91. The zero-order chi connectivity index (χ0) is 30.9. The second-order valence-corrected chi connectivity index (χ2v) is 12.5. The Balaban J connectivity index is 1.27. The van der Waals surface area contributed by atoms with Gasteiger partial charge in [-0.1, -0.05) is 146 Å². The number of nitrogens with zero attached hydrogens (tertiary/aromatic N) is 1. The van der Waals surface area contributed by atoms with E-state index in [-0.39, 0.29) is 0 Å². The lowest BCUT2D eigenvalue weighted by Crippen LogP contribution is -2.11. The van der Waals surface area contributed by atoms with Gasteiger partial charge in [-0.15, -0.1) is 0 Å². The molecule has 1 nitrogen and oxygen atoms in total. The Hall–Kier alpha value is -6.18. The smallest absolute Gasteiger partial charge is 0.0540 e. The second kappa shape index (κ2) is 10.2. The molecule has 6 bridgehead atoms. The Bertz CT molecular complexity index is 2500. The van der Waals surface area contributed by atoms with E-state index in [4.69, 9.17) is 0 Å². The zero-order valence-electron chi connectivity index (χ0n) is 25.7. The number of para-hydroxylation sites is 1. The summed E-state index contributed by atoms with van der Waals surface area (Å²) in [4.78, 5) is 2.44. The molecule has 0 saturated carbocycles. The molecule has 0 saturated heterocycles. The Morgan fingerprint density at radius 3 is 1.55 bits per heavy atom. The van der Waals surface area contributed by atoms with Gasteiger partial charge < -0.3 is 4.90 Å². The van der Waals surface area contributed by atoms with Crippen LogP contribution in [-0.4, -0.2) is 0 Å². The van der Waals surface area contributed by atoms with Crippen LogP contribution in [0, 0.1) is 0 Å². The summed E-state index contributed by atoms with van der Waals surface area (Å²) in [5, 5.41) is 2.46. The molecule has 8 aromatic rings. The van der Waals surface area contributed by atoms with Gasteiger partial charge in [-0.25, -0.2) is 0 Å². The lowest BCUT2D eigenvalue weighted by molar-refractivity contribution is 1.29. The summed E-state index contributed by atoms with van der Waals surface area (Å²) in [6, 6.07) is 64.6. The summed E-state index contributed by atoms with van der Waals surface area (Å²) in [7, 11) is 0. The van der Waals surface area contributed by atoms with Crippen molar-refractivity contribution in [3.63, 3.8) is 0 Å². The van der Waals surface area contributed by atoms with Crippen LogP contribution in [0.5, 0.6) is 0 Å². The number of fused-ring (bicyclic) bond motifs is 5. The van der Waals surface area contributed by atoms with Gasteiger partial charge in [-0.3, -0.25) is 0 Å². The lowest BCUT2D eigenvalue weighted by Gasteiger charge is -2.29. The predicted octanol–water partition coefficient (Wildman–Crippen LogP) is 12.9. The highest BCUT2D eigenvalue weighted by molar-refractivity contribution is 6.15. The first-order valence-corrected chi connectivity index (χ1v) is 16.3. The van der Waals surface area contributed by atoms with Crippen molar-refractivity contribution in [1.29, 1.82) is 0 Å². The normalized spacial score (nSPS) is 11.8. The third-order valence-electron chi connectivity index (χ3n) is 9.95. The maximum atomic E-state index is 2.44. The van der Waals surface area contributed by atoms with Crippen molar-refractivity contribution in [3.8, 4) is 66.8 Å². The average molecular weight is 596 g/mol. The summed E-state index contributed by atoms with van der Waals surface area (Å²) in [5.74, 6) is 0. The van der Waals surface area contributed by atoms with E-state index in [1.54, 1.807) is 0 Å². The van der Waals surface area contributed by atoms with Gasteiger partial charge in [-0.2, -0.15) is 0 Å². The molecule has 0 heterocycles. The monoisotopic (exact) mass is 595 g/mol. The predicted molar refractivity (Wildman–Crippen MR) is 198 cm³/mol. The molecule has 47 heavy (non-hydrogen) atoms. The van der Waals surface area contributed by atoms with Crippen LogP contribution in [0.4, 0.5) is 17.1 Å². The van der Waals surface area contributed by atoms with E-state index in [0.717, 1.165) is 17.1 Å². The van der Waals surface area contributed by atoms with Crippen LogP contribution in [0.3, 0.4) is 0 Å². The molecule has 2 aliphatic rings. The zero-order valence-corrected chi connectivity index (χ0v) is 25.7. The van der Waals surface area contributed by atoms with Crippen LogP contribution in [0.2, 0.25) is 0 Å². The van der Waals surface area contributed by atoms with E-state index in [1.807, 2.05) is 0 Å². The van der Waals surface area contributed by atoms with Gasteiger partial charge >= 0.3 is 0 Å². The van der Waals surface area contributed by atoms with Crippen LogP contribution in [0.15, 0.2) is 176 Å². The molecule has 0 aromatic heterocycles.